The van der Waals surface area contributed by atoms with Crippen LogP contribution in [0.3, 0.4) is 0 Å². The molecule has 1 aromatic carbocycles. The lowest BCUT2D eigenvalue weighted by molar-refractivity contribution is 0.111. The molecule has 0 radical (unpaired) electrons. The van der Waals surface area contributed by atoms with Gasteiger partial charge in [0.05, 0.1) is 0 Å². The Labute approximate surface area is 98.3 Å². The molecule has 5 nitrogen and oxygen atoms in total. The van der Waals surface area contributed by atoms with Gasteiger partial charge in [0.2, 0.25) is 5.88 Å². The summed E-state index contributed by atoms with van der Waals surface area (Å²) in [5.74, 6) is 0.328. The van der Waals surface area contributed by atoms with Crippen LogP contribution in [0.15, 0.2) is 36.7 Å². The zero-order valence-corrected chi connectivity index (χ0v) is 9.04. The summed E-state index contributed by atoms with van der Waals surface area (Å²) in [7, 11) is 0. The van der Waals surface area contributed by atoms with E-state index in [4.69, 9.17) is 10.5 Å². The molecule has 17 heavy (non-hydrogen) atoms. The Morgan fingerprint density at radius 1 is 1.24 bits per heavy atom. The summed E-state index contributed by atoms with van der Waals surface area (Å²) in [6.07, 6.45) is 1.86. The van der Waals surface area contributed by atoms with E-state index >= 15 is 0 Å². The first kappa shape index (κ1) is 11.1. The number of nitrogens with two attached hydrogens (primary N) is 1. The molecule has 0 aliphatic heterocycles. The van der Waals surface area contributed by atoms with Gasteiger partial charge in [0.25, 0.3) is 0 Å². The van der Waals surface area contributed by atoms with Crippen molar-refractivity contribution in [1.82, 2.24) is 9.97 Å². The molecule has 86 valence electrons. The van der Waals surface area contributed by atoms with Crippen LogP contribution in [0.1, 0.15) is 15.9 Å². The zero-order valence-electron chi connectivity index (χ0n) is 9.04. The van der Waals surface area contributed by atoms with Crippen LogP contribution in [0, 0.1) is 0 Å². The Balaban J connectivity index is 2.14. The van der Waals surface area contributed by atoms with Crippen LogP contribution >= 0.6 is 0 Å². The van der Waals surface area contributed by atoms with E-state index in [2.05, 4.69) is 9.97 Å². The number of nitrogen functional groups attached to an aromatic ring is 1. The van der Waals surface area contributed by atoms with Crippen LogP contribution in [-0.4, -0.2) is 16.3 Å². The number of rotatable bonds is 4. The van der Waals surface area contributed by atoms with Gasteiger partial charge >= 0.3 is 0 Å². The number of aldehydes is 1. The summed E-state index contributed by atoms with van der Waals surface area (Å²) in [4.78, 5) is 18.4. The van der Waals surface area contributed by atoms with E-state index in [1.54, 1.807) is 0 Å². The minimum Gasteiger partial charge on any atom is -0.472 e. The molecule has 2 aromatic rings. The molecule has 0 unspecified atom stereocenters. The van der Waals surface area contributed by atoms with Gasteiger partial charge in [0, 0.05) is 0 Å². The summed E-state index contributed by atoms with van der Waals surface area (Å²) in [5.41, 5.74) is 6.71. The van der Waals surface area contributed by atoms with Gasteiger partial charge in [-0.15, -0.1) is 0 Å². The van der Waals surface area contributed by atoms with Crippen molar-refractivity contribution < 1.29 is 9.53 Å². The Kier molecular flexibility index (Phi) is 3.30. The molecule has 0 saturated heterocycles. The van der Waals surface area contributed by atoms with Gasteiger partial charge in [-0.3, -0.25) is 4.79 Å². The number of carbonyl (C=O) groups is 1. The summed E-state index contributed by atoms with van der Waals surface area (Å²) >= 11 is 0. The SMILES string of the molecule is Nc1ncnc(OCc2ccccc2)c1C=O. The largest absolute Gasteiger partial charge is 0.472 e. The van der Waals surface area contributed by atoms with Gasteiger partial charge in [0.15, 0.2) is 6.29 Å². The third-order valence-electron chi connectivity index (χ3n) is 2.21. The van der Waals surface area contributed by atoms with Gasteiger partial charge in [0.1, 0.15) is 24.3 Å². The number of hydrogen-bond donors (Lipinski definition) is 1. The topological polar surface area (TPSA) is 78.1 Å². The molecule has 1 heterocycles. The molecule has 0 aliphatic rings. The Morgan fingerprint density at radius 2 is 2.00 bits per heavy atom. The van der Waals surface area contributed by atoms with Crippen LogP contribution < -0.4 is 10.5 Å². The molecule has 2 rings (SSSR count). The van der Waals surface area contributed by atoms with Gasteiger partial charge in [-0.25, -0.2) is 9.97 Å². The van der Waals surface area contributed by atoms with Crippen LogP contribution in [0.5, 0.6) is 5.88 Å². The molecule has 0 spiro atoms. The van der Waals surface area contributed by atoms with Crippen molar-refractivity contribution >= 4 is 12.1 Å². The van der Waals surface area contributed by atoms with Crippen molar-refractivity contribution in [2.24, 2.45) is 0 Å². The van der Waals surface area contributed by atoms with Crippen molar-refractivity contribution in [3.63, 3.8) is 0 Å². The van der Waals surface area contributed by atoms with Gasteiger partial charge in [-0.05, 0) is 5.56 Å². The second-order valence-corrected chi connectivity index (χ2v) is 3.37. The highest BCUT2D eigenvalue weighted by Gasteiger charge is 2.09. The monoisotopic (exact) mass is 229 g/mol. The van der Waals surface area contributed by atoms with Crippen LogP contribution in [0.25, 0.3) is 0 Å². The van der Waals surface area contributed by atoms with Crippen molar-refractivity contribution in [3.05, 3.63) is 47.8 Å². The molecule has 0 fully saturated rings. The molecule has 5 heteroatoms. The predicted molar refractivity (Wildman–Crippen MR) is 62.6 cm³/mol. The fourth-order valence-electron chi connectivity index (χ4n) is 1.34. The first-order valence-corrected chi connectivity index (χ1v) is 5.03. The second-order valence-electron chi connectivity index (χ2n) is 3.37. The smallest absolute Gasteiger partial charge is 0.229 e. The highest BCUT2D eigenvalue weighted by Crippen LogP contribution is 2.17. The lowest BCUT2D eigenvalue weighted by atomic mass is 10.2. The van der Waals surface area contributed by atoms with Gasteiger partial charge < -0.3 is 10.5 Å². The number of carbonyl (C=O) groups excluding carboxylic acids is 1. The Morgan fingerprint density at radius 3 is 2.71 bits per heavy atom. The average Bonchev–Trinajstić information content (AvgIpc) is 2.37. The molecular weight excluding hydrogens is 218 g/mol. The number of aromatic nitrogens is 2. The maximum absolute atomic E-state index is 10.8. The lowest BCUT2D eigenvalue weighted by Crippen LogP contribution is -2.04. The number of anilines is 1. The highest BCUT2D eigenvalue weighted by molar-refractivity contribution is 5.84. The first-order valence-electron chi connectivity index (χ1n) is 5.03. The van der Waals surface area contributed by atoms with E-state index in [1.807, 2.05) is 30.3 Å². The van der Waals surface area contributed by atoms with Gasteiger partial charge in [-0.1, -0.05) is 30.3 Å². The molecular formula is C12H11N3O2. The molecule has 0 saturated carbocycles. The number of hydrogen-bond acceptors (Lipinski definition) is 5. The number of benzene rings is 1. The molecule has 0 aliphatic carbocycles. The quantitative estimate of drug-likeness (QED) is 0.803. The van der Waals surface area contributed by atoms with Crippen molar-refractivity contribution in [2.75, 3.05) is 5.73 Å². The molecule has 0 amide bonds. The number of ether oxygens (including phenoxy) is 1. The zero-order chi connectivity index (χ0) is 12.1. The summed E-state index contributed by atoms with van der Waals surface area (Å²) < 4.78 is 5.43. The van der Waals surface area contributed by atoms with E-state index in [-0.39, 0.29) is 17.3 Å². The Hall–Kier alpha value is -2.43. The molecule has 0 bridgehead atoms. The predicted octanol–water partition coefficient (Wildman–Crippen LogP) is 1.45. The van der Waals surface area contributed by atoms with E-state index in [0.717, 1.165) is 5.56 Å². The minimum atomic E-state index is 0.123. The van der Waals surface area contributed by atoms with Crippen LogP contribution in [-0.2, 0) is 6.61 Å². The summed E-state index contributed by atoms with van der Waals surface area (Å²) in [6.45, 7) is 0.331. The maximum atomic E-state index is 10.8. The molecule has 2 N–H and O–H groups in total. The average molecular weight is 229 g/mol. The standard InChI is InChI=1S/C12H11N3O2/c13-11-10(6-16)12(15-8-14-11)17-7-9-4-2-1-3-5-9/h1-6,8H,7H2,(H2,13,14,15). The second kappa shape index (κ2) is 5.07. The lowest BCUT2D eigenvalue weighted by Gasteiger charge is -2.07. The summed E-state index contributed by atoms with van der Waals surface area (Å²) in [5, 5.41) is 0. The number of nitrogens with zero attached hydrogens (tertiary/aromatic N) is 2. The summed E-state index contributed by atoms with van der Waals surface area (Å²) in [6, 6.07) is 9.58. The minimum absolute atomic E-state index is 0.123. The van der Waals surface area contributed by atoms with E-state index in [1.165, 1.54) is 6.33 Å². The normalized spacial score (nSPS) is 9.88. The third-order valence-corrected chi connectivity index (χ3v) is 2.21. The van der Waals surface area contributed by atoms with Gasteiger partial charge in [-0.2, -0.15) is 0 Å². The maximum Gasteiger partial charge on any atom is 0.229 e. The molecule has 1 aromatic heterocycles. The van der Waals surface area contributed by atoms with Crippen molar-refractivity contribution in [2.45, 2.75) is 6.61 Å². The van der Waals surface area contributed by atoms with Crippen LogP contribution in [0.4, 0.5) is 5.82 Å². The van der Waals surface area contributed by atoms with Crippen molar-refractivity contribution in [3.8, 4) is 5.88 Å². The third kappa shape index (κ3) is 2.57. The molecule has 0 atom stereocenters. The first-order chi connectivity index (χ1) is 8.31. The van der Waals surface area contributed by atoms with E-state index < -0.39 is 0 Å². The fourth-order valence-corrected chi connectivity index (χ4v) is 1.34. The fraction of sp³-hybridized carbons (Fsp3) is 0.0833. The Bertz CT molecular complexity index is 514. The van der Waals surface area contributed by atoms with Crippen molar-refractivity contribution in [1.29, 1.82) is 0 Å². The van der Waals surface area contributed by atoms with E-state index in [9.17, 15) is 4.79 Å². The van der Waals surface area contributed by atoms with E-state index in [0.29, 0.717) is 12.9 Å². The highest BCUT2D eigenvalue weighted by atomic mass is 16.5. The van der Waals surface area contributed by atoms with Crippen LogP contribution in [0.2, 0.25) is 0 Å².